The molecular formula is C14H17BrN4O. The van der Waals surface area contributed by atoms with Crippen LogP contribution in [0.2, 0.25) is 0 Å². The Labute approximate surface area is 126 Å². The van der Waals surface area contributed by atoms with Crippen LogP contribution in [0.3, 0.4) is 0 Å². The monoisotopic (exact) mass is 336 g/mol. The van der Waals surface area contributed by atoms with Gasteiger partial charge in [0, 0.05) is 23.1 Å². The first-order valence-electron chi connectivity index (χ1n) is 6.86. The van der Waals surface area contributed by atoms with E-state index < -0.39 is 0 Å². The largest absolute Gasteiger partial charge is 0.360 e. The normalized spacial score (nSPS) is 19.0. The van der Waals surface area contributed by atoms with Crippen LogP contribution in [0.25, 0.3) is 0 Å². The molecule has 3 heterocycles. The summed E-state index contributed by atoms with van der Waals surface area (Å²) in [6.45, 7) is 5.11. The first-order valence-corrected chi connectivity index (χ1v) is 7.65. The van der Waals surface area contributed by atoms with Gasteiger partial charge >= 0.3 is 0 Å². The lowest BCUT2D eigenvalue weighted by molar-refractivity contribution is 0.358. The Morgan fingerprint density at radius 1 is 1.40 bits per heavy atom. The summed E-state index contributed by atoms with van der Waals surface area (Å²) in [5.41, 5.74) is 1.10. The third kappa shape index (κ3) is 2.57. The Morgan fingerprint density at radius 3 is 2.95 bits per heavy atom. The van der Waals surface area contributed by atoms with E-state index in [9.17, 15) is 0 Å². The van der Waals surface area contributed by atoms with E-state index in [0.717, 1.165) is 35.4 Å². The molecule has 1 aliphatic rings. The zero-order chi connectivity index (χ0) is 14.1. The van der Waals surface area contributed by atoms with E-state index >= 15 is 0 Å². The van der Waals surface area contributed by atoms with E-state index in [1.54, 1.807) is 6.20 Å². The molecular weight excluding hydrogens is 320 g/mol. The van der Waals surface area contributed by atoms with Crippen molar-refractivity contribution in [3.05, 3.63) is 34.6 Å². The lowest BCUT2D eigenvalue weighted by Crippen LogP contribution is -2.23. The first-order chi connectivity index (χ1) is 9.65. The van der Waals surface area contributed by atoms with Crippen molar-refractivity contribution in [2.75, 3.05) is 11.4 Å². The van der Waals surface area contributed by atoms with Crippen molar-refractivity contribution >= 4 is 21.6 Å². The highest BCUT2D eigenvalue weighted by atomic mass is 79.9. The maximum atomic E-state index is 5.33. The highest BCUT2D eigenvalue weighted by molar-refractivity contribution is 9.10. The van der Waals surface area contributed by atoms with Crippen LogP contribution in [-0.4, -0.2) is 21.7 Å². The van der Waals surface area contributed by atoms with Crippen molar-refractivity contribution in [2.45, 2.75) is 38.6 Å². The Morgan fingerprint density at radius 2 is 2.25 bits per heavy atom. The Kier molecular flexibility index (Phi) is 3.74. The van der Waals surface area contributed by atoms with Crippen LogP contribution in [0, 0.1) is 0 Å². The summed E-state index contributed by atoms with van der Waals surface area (Å²) in [5, 5.41) is 4.16. The van der Waals surface area contributed by atoms with Gasteiger partial charge < -0.3 is 9.42 Å². The summed E-state index contributed by atoms with van der Waals surface area (Å²) >= 11 is 3.47. The molecule has 20 heavy (non-hydrogen) atoms. The molecule has 6 heteroatoms. The number of aromatic nitrogens is 3. The van der Waals surface area contributed by atoms with Gasteiger partial charge in [0.1, 0.15) is 0 Å². The molecule has 1 saturated heterocycles. The van der Waals surface area contributed by atoms with Gasteiger partial charge in [-0.1, -0.05) is 19.0 Å². The lowest BCUT2D eigenvalue weighted by Gasteiger charge is -2.24. The maximum absolute atomic E-state index is 5.33. The number of nitrogens with zero attached hydrogens (tertiary/aromatic N) is 4. The highest BCUT2D eigenvalue weighted by Gasteiger charge is 2.30. The quantitative estimate of drug-likeness (QED) is 0.855. The fourth-order valence-electron chi connectivity index (χ4n) is 2.52. The van der Waals surface area contributed by atoms with Crippen LogP contribution in [0.15, 0.2) is 27.5 Å². The van der Waals surface area contributed by atoms with E-state index in [2.05, 4.69) is 55.9 Å². The molecule has 0 saturated carbocycles. The zero-order valence-corrected chi connectivity index (χ0v) is 13.2. The van der Waals surface area contributed by atoms with E-state index in [1.807, 2.05) is 6.20 Å². The first kappa shape index (κ1) is 13.5. The molecule has 0 aliphatic carbocycles. The molecule has 0 radical (unpaired) electrons. The highest BCUT2D eigenvalue weighted by Crippen LogP contribution is 2.35. The SMILES string of the molecule is CC(C)c1nc(C2CCCN2c2cncc(Br)c2)no1. The van der Waals surface area contributed by atoms with Gasteiger partial charge in [-0.05, 0) is 34.8 Å². The van der Waals surface area contributed by atoms with E-state index in [4.69, 9.17) is 4.52 Å². The molecule has 1 fully saturated rings. The molecule has 0 spiro atoms. The second kappa shape index (κ2) is 5.52. The summed E-state index contributed by atoms with van der Waals surface area (Å²) in [5.74, 6) is 1.75. The summed E-state index contributed by atoms with van der Waals surface area (Å²) in [6.07, 6.45) is 5.85. The minimum atomic E-state index is 0.183. The van der Waals surface area contributed by atoms with Crippen molar-refractivity contribution in [1.29, 1.82) is 0 Å². The fraction of sp³-hybridized carbons (Fsp3) is 0.500. The molecule has 2 aromatic heterocycles. The molecule has 5 nitrogen and oxygen atoms in total. The van der Waals surface area contributed by atoms with E-state index in [1.165, 1.54) is 0 Å². The van der Waals surface area contributed by atoms with Crippen LogP contribution < -0.4 is 4.90 Å². The van der Waals surface area contributed by atoms with Crippen molar-refractivity contribution in [2.24, 2.45) is 0 Å². The Bertz CT molecular complexity index is 598. The van der Waals surface area contributed by atoms with Gasteiger partial charge in [0.2, 0.25) is 5.89 Å². The maximum Gasteiger partial charge on any atom is 0.229 e. The van der Waals surface area contributed by atoms with Gasteiger partial charge in [0.25, 0.3) is 0 Å². The Hall–Kier alpha value is -1.43. The van der Waals surface area contributed by atoms with Crippen LogP contribution in [0.4, 0.5) is 5.69 Å². The molecule has 0 aromatic carbocycles. The van der Waals surface area contributed by atoms with Gasteiger partial charge in [-0.2, -0.15) is 4.98 Å². The minimum Gasteiger partial charge on any atom is -0.360 e. The molecule has 2 aromatic rings. The van der Waals surface area contributed by atoms with Crippen LogP contribution >= 0.6 is 15.9 Å². The standard InChI is InChI=1S/C14H17BrN4O/c1-9(2)14-17-13(18-20-14)12-4-3-5-19(12)11-6-10(15)7-16-8-11/h6-9,12H,3-5H2,1-2H3. The second-order valence-corrected chi connectivity index (χ2v) is 6.27. The van der Waals surface area contributed by atoms with Gasteiger partial charge in [0.15, 0.2) is 5.82 Å². The van der Waals surface area contributed by atoms with Crippen molar-refractivity contribution in [3.63, 3.8) is 0 Å². The predicted octanol–water partition coefficient (Wildman–Crippen LogP) is 3.69. The predicted molar refractivity (Wildman–Crippen MR) is 79.6 cm³/mol. The van der Waals surface area contributed by atoms with Gasteiger partial charge in [-0.25, -0.2) is 0 Å². The van der Waals surface area contributed by atoms with Gasteiger partial charge in [-0.3, -0.25) is 4.98 Å². The number of hydrogen-bond donors (Lipinski definition) is 0. The average molecular weight is 337 g/mol. The number of halogens is 1. The second-order valence-electron chi connectivity index (χ2n) is 5.36. The fourth-order valence-corrected chi connectivity index (χ4v) is 2.87. The van der Waals surface area contributed by atoms with Gasteiger partial charge in [-0.15, -0.1) is 0 Å². The van der Waals surface area contributed by atoms with Crippen molar-refractivity contribution in [1.82, 2.24) is 15.1 Å². The molecule has 1 unspecified atom stereocenters. The smallest absolute Gasteiger partial charge is 0.229 e. The van der Waals surface area contributed by atoms with Crippen molar-refractivity contribution in [3.8, 4) is 0 Å². The summed E-state index contributed by atoms with van der Waals surface area (Å²) in [4.78, 5) is 11.1. The average Bonchev–Trinajstić information content (AvgIpc) is 3.07. The minimum absolute atomic E-state index is 0.183. The molecule has 0 N–H and O–H groups in total. The third-order valence-corrected chi connectivity index (χ3v) is 3.96. The van der Waals surface area contributed by atoms with E-state index in [-0.39, 0.29) is 12.0 Å². The van der Waals surface area contributed by atoms with Crippen LogP contribution in [0.1, 0.15) is 50.4 Å². The summed E-state index contributed by atoms with van der Waals surface area (Å²) in [6, 6.07) is 2.26. The number of rotatable bonds is 3. The summed E-state index contributed by atoms with van der Waals surface area (Å²) in [7, 11) is 0. The van der Waals surface area contributed by atoms with E-state index in [0.29, 0.717) is 5.89 Å². The number of hydrogen-bond acceptors (Lipinski definition) is 5. The molecule has 1 atom stereocenters. The topological polar surface area (TPSA) is 55.1 Å². The van der Waals surface area contributed by atoms with Crippen LogP contribution in [0.5, 0.6) is 0 Å². The summed E-state index contributed by atoms with van der Waals surface area (Å²) < 4.78 is 6.32. The Balaban J connectivity index is 1.88. The zero-order valence-electron chi connectivity index (χ0n) is 11.6. The molecule has 0 bridgehead atoms. The molecule has 106 valence electrons. The molecule has 1 aliphatic heterocycles. The van der Waals surface area contributed by atoms with Crippen molar-refractivity contribution < 1.29 is 4.52 Å². The molecule has 3 rings (SSSR count). The van der Waals surface area contributed by atoms with Crippen LogP contribution in [-0.2, 0) is 0 Å². The number of anilines is 1. The lowest BCUT2D eigenvalue weighted by atomic mass is 10.2. The third-order valence-electron chi connectivity index (χ3n) is 3.52. The number of pyridine rings is 1. The molecule has 0 amide bonds. The van der Waals surface area contributed by atoms with Gasteiger partial charge in [0.05, 0.1) is 17.9 Å².